The van der Waals surface area contributed by atoms with Crippen molar-refractivity contribution in [2.75, 3.05) is 12.9 Å². The van der Waals surface area contributed by atoms with Crippen molar-refractivity contribution >= 4 is 11.8 Å². The summed E-state index contributed by atoms with van der Waals surface area (Å²) in [6.07, 6.45) is -2.92. The fraction of sp³-hybridized carbons (Fsp3) is 1.00. The first-order chi connectivity index (χ1) is 5.16. The molecule has 11 heavy (non-hydrogen) atoms. The molecule has 0 spiro atoms. The average Bonchev–Trinajstić information content (AvgIpc) is 2.01. The van der Waals surface area contributed by atoms with Crippen LogP contribution in [-0.4, -0.2) is 51.9 Å². The van der Waals surface area contributed by atoms with Gasteiger partial charge in [0.2, 0.25) is 0 Å². The molecule has 0 saturated carbocycles. The number of hydrogen-bond acceptors (Lipinski definition) is 5. The van der Waals surface area contributed by atoms with Crippen molar-refractivity contribution in [2.24, 2.45) is 0 Å². The Balaban J connectivity index is 2.52. The van der Waals surface area contributed by atoms with Gasteiger partial charge < -0.3 is 20.1 Å². The van der Waals surface area contributed by atoms with Gasteiger partial charge in [0.15, 0.2) is 0 Å². The molecule has 0 radical (unpaired) electrons. The second-order valence-electron chi connectivity index (χ2n) is 2.49. The Morgan fingerprint density at radius 1 is 1.27 bits per heavy atom. The molecule has 0 aromatic carbocycles. The zero-order valence-corrected chi connectivity index (χ0v) is 6.99. The highest BCUT2D eigenvalue weighted by Gasteiger charge is 2.36. The van der Waals surface area contributed by atoms with E-state index in [1.165, 1.54) is 18.9 Å². The Morgan fingerprint density at radius 2 is 1.91 bits per heavy atom. The SMILES string of the molecule is CO[C@H]1SC[C@@H](O)[C@H](O)[C@@H]1O. The van der Waals surface area contributed by atoms with Gasteiger partial charge in [-0.3, -0.25) is 0 Å². The second kappa shape index (κ2) is 3.73. The molecule has 0 aromatic rings. The van der Waals surface area contributed by atoms with Crippen LogP contribution in [0.4, 0.5) is 0 Å². The third-order valence-electron chi connectivity index (χ3n) is 1.69. The predicted molar refractivity (Wildman–Crippen MR) is 41.3 cm³/mol. The molecule has 1 aliphatic heterocycles. The van der Waals surface area contributed by atoms with Crippen LogP contribution in [0.2, 0.25) is 0 Å². The maximum atomic E-state index is 9.25. The summed E-state index contributed by atoms with van der Waals surface area (Å²) in [7, 11) is 1.46. The van der Waals surface area contributed by atoms with E-state index in [-0.39, 0.29) is 0 Å². The van der Waals surface area contributed by atoms with Gasteiger partial charge in [-0.15, -0.1) is 11.8 Å². The van der Waals surface area contributed by atoms with Crippen LogP contribution in [0.1, 0.15) is 0 Å². The summed E-state index contributed by atoms with van der Waals surface area (Å²) < 4.78 is 4.86. The molecule has 1 heterocycles. The minimum Gasteiger partial charge on any atom is -0.389 e. The van der Waals surface area contributed by atoms with Crippen molar-refractivity contribution in [2.45, 2.75) is 23.7 Å². The van der Waals surface area contributed by atoms with Crippen LogP contribution in [0.3, 0.4) is 0 Å². The van der Waals surface area contributed by atoms with Crippen LogP contribution in [0.15, 0.2) is 0 Å². The first kappa shape index (κ1) is 9.28. The Morgan fingerprint density at radius 3 is 2.45 bits per heavy atom. The minimum absolute atomic E-state index is 0.400. The lowest BCUT2D eigenvalue weighted by Crippen LogP contribution is -2.49. The van der Waals surface area contributed by atoms with Gasteiger partial charge >= 0.3 is 0 Å². The van der Waals surface area contributed by atoms with Crippen LogP contribution < -0.4 is 0 Å². The zero-order valence-electron chi connectivity index (χ0n) is 6.17. The molecule has 1 saturated heterocycles. The van der Waals surface area contributed by atoms with Crippen molar-refractivity contribution in [3.8, 4) is 0 Å². The summed E-state index contributed by atoms with van der Waals surface area (Å²) in [5.74, 6) is 0.400. The third kappa shape index (κ3) is 1.86. The van der Waals surface area contributed by atoms with E-state index < -0.39 is 23.7 Å². The number of aliphatic hydroxyl groups excluding tert-OH is 3. The van der Waals surface area contributed by atoms with Crippen LogP contribution in [0, 0.1) is 0 Å². The number of thioether (sulfide) groups is 1. The van der Waals surface area contributed by atoms with Crippen LogP contribution in [0.5, 0.6) is 0 Å². The highest BCUT2D eigenvalue weighted by Crippen LogP contribution is 2.26. The smallest absolute Gasteiger partial charge is 0.131 e. The van der Waals surface area contributed by atoms with Gasteiger partial charge in [0.05, 0.1) is 6.10 Å². The Bertz CT molecular complexity index is 130. The predicted octanol–water partition coefficient (Wildman–Crippen LogP) is -1.21. The Hall–Kier alpha value is 0.190. The Labute approximate surface area is 69.2 Å². The van der Waals surface area contributed by atoms with Crippen molar-refractivity contribution in [3.05, 3.63) is 0 Å². The van der Waals surface area contributed by atoms with Crippen molar-refractivity contribution in [3.63, 3.8) is 0 Å². The van der Waals surface area contributed by atoms with Gasteiger partial charge in [-0.25, -0.2) is 0 Å². The van der Waals surface area contributed by atoms with Gasteiger partial charge in [-0.05, 0) is 0 Å². The lowest BCUT2D eigenvalue weighted by Gasteiger charge is -2.33. The van der Waals surface area contributed by atoms with E-state index in [9.17, 15) is 5.11 Å². The van der Waals surface area contributed by atoms with Crippen LogP contribution >= 0.6 is 11.8 Å². The molecule has 0 amide bonds. The van der Waals surface area contributed by atoms with Gasteiger partial charge in [0.25, 0.3) is 0 Å². The van der Waals surface area contributed by atoms with Gasteiger partial charge in [0.1, 0.15) is 17.6 Å². The maximum Gasteiger partial charge on any atom is 0.131 e. The van der Waals surface area contributed by atoms with Crippen molar-refractivity contribution in [1.29, 1.82) is 0 Å². The summed E-state index contributed by atoms with van der Waals surface area (Å²) in [5.41, 5.74) is -0.423. The molecule has 0 aliphatic carbocycles. The van der Waals surface area contributed by atoms with E-state index in [0.29, 0.717) is 5.75 Å². The van der Waals surface area contributed by atoms with Crippen molar-refractivity contribution in [1.82, 2.24) is 0 Å². The largest absolute Gasteiger partial charge is 0.389 e. The number of methoxy groups -OCH3 is 1. The highest BCUT2D eigenvalue weighted by atomic mass is 32.2. The van der Waals surface area contributed by atoms with Gasteiger partial charge in [0, 0.05) is 12.9 Å². The molecule has 66 valence electrons. The van der Waals surface area contributed by atoms with E-state index in [0.717, 1.165) is 0 Å². The molecular formula is C6H12O4S. The molecule has 1 fully saturated rings. The van der Waals surface area contributed by atoms with Gasteiger partial charge in [-0.1, -0.05) is 0 Å². The zero-order chi connectivity index (χ0) is 8.43. The van der Waals surface area contributed by atoms with Crippen LogP contribution in [0.25, 0.3) is 0 Å². The first-order valence-corrected chi connectivity index (χ1v) is 4.40. The lowest BCUT2D eigenvalue weighted by molar-refractivity contribution is -0.0911. The maximum absolute atomic E-state index is 9.25. The van der Waals surface area contributed by atoms with E-state index in [2.05, 4.69) is 0 Å². The van der Waals surface area contributed by atoms with Crippen LogP contribution in [-0.2, 0) is 4.74 Å². The normalized spacial score (nSPS) is 45.8. The van der Waals surface area contributed by atoms with E-state index in [4.69, 9.17) is 14.9 Å². The topological polar surface area (TPSA) is 69.9 Å². The molecule has 3 N–H and O–H groups in total. The third-order valence-corrected chi connectivity index (χ3v) is 3.02. The summed E-state index contributed by atoms with van der Waals surface area (Å²) in [6, 6.07) is 0. The molecule has 4 nitrogen and oxygen atoms in total. The quantitative estimate of drug-likeness (QED) is 0.472. The molecule has 0 unspecified atom stereocenters. The Kier molecular flexibility index (Phi) is 3.15. The molecule has 0 bridgehead atoms. The van der Waals surface area contributed by atoms with E-state index in [1.807, 2.05) is 0 Å². The standard InChI is InChI=1S/C6H12O4S/c1-10-6-5(9)4(8)3(7)2-11-6/h3-9H,2H2,1H3/t3-,4+,5+,6+/m1/s1. The average molecular weight is 180 g/mol. The van der Waals surface area contributed by atoms with Crippen molar-refractivity contribution < 1.29 is 20.1 Å². The second-order valence-corrected chi connectivity index (χ2v) is 3.62. The molecule has 0 aromatic heterocycles. The summed E-state index contributed by atoms with van der Waals surface area (Å²) in [6.45, 7) is 0. The molecule has 1 rings (SSSR count). The molecule has 1 aliphatic rings. The summed E-state index contributed by atoms with van der Waals surface area (Å²) >= 11 is 1.30. The number of ether oxygens (including phenoxy) is 1. The van der Waals surface area contributed by atoms with E-state index >= 15 is 0 Å². The monoisotopic (exact) mass is 180 g/mol. The molecular weight excluding hydrogens is 168 g/mol. The molecule has 4 atom stereocenters. The van der Waals surface area contributed by atoms with Gasteiger partial charge in [-0.2, -0.15) is 0 Å². The molecule has 5 heteroatoms. The fourth-order valence-electron chi connectivity index (χ4n) is 0.987. The first-order valence-electron chi connectivity index (χ1n) is 3.35. The fourth-order valence-corrected chi connectivity index (χ4v) is 2.06. The summed E-state index contributed by atoms with van der Waals surface area (Å²) in [5, 5.41) is 27.5. The minimum atomic E-state index is -1.08. The summed E-state index contributed by atoms with van der Waals surface area (Å²) in [4.78, 5) is 0. The number of hydrogen-bond donors (Lipinski definition) is 3. The highest BCUT2D eigenvalue weighted by molar-refractivity contribution is 7.99. The number of rotatable bonds is 1. The number of aliphatic hydroxyl groups is 3. The lowest BCUT2D eigenvalue weighted by atomic mass is 10.1. The van der Waals surface area contributed by atoms with E-state index in [1.54, 1.807) is 0 Å².